The summed E-state index contributed by atoms with van der Waals surface area (Å²) in [4.78, 5) is 15.2. The van der Waals surface area contributed by atoms with Gasteiger partial charge in [-0.05, 0) is 44.7 Å². The van der Waals surface area contributed by atoms with Crippen LogP contribution in [-0.2, 0) is 6.54 Å². The van der Waals surface area contributed by atoms with Gasteiger partial charge in [0.25, 0.3) is 0 Å². The van der Waals surface area contributed by atoms with Crippen molar-refractivity contribution in [3.8, 4) is 6.07 Å². The fourth-order valence-corrected chi connectivity index (χ4v) is 3.95. The molecule has 0 saturated heterocycles. The lowest BCUT2D eigenvalue weighted by Gasteiger charge is -2.33. The number of fused-ring (bicyclic) bond motifs is 1. The standard InChI is InChI=1S/C21H27N3O/c1-16-8-10-17(11-9-16)23(2)15-21(25)19-14-24(13-5-12-22)20-7-4-3-6-18(19)20/h3-4,6-7,14,16-17H,5,8-11,13,15H2,1-2H3. The highest BCUT2D eigenvalue weighted by Crippen LogP contribution is 2.27. The van der Waals surface area contributed by atoms with Crippen LogP contribution in [0, 0.1) is 17.2 Å². The van der Waals surface area contributed by atoms with E-state index >= 15 is 0 Å². The van der Waals surface area contributed by atoms with Crippen LogP contribution < -0.4 is 0 Å². The van der Waals surface area contributed by atoms with Crippen molar-refractivity contribution in [3.63, 3.8) is 0 Å². The van der Waals surface area contributed by atoms with E-state index in [0.29, 0.717) is 25.6 Å². The topological polar surface area (TPSA) is 49.0 Å². The normalized spacial score (nSPS) is 20.7. The molecule has 0 N–H and O–H groups in total. The van der Waals surface area contributed by atoms with Crippen molar-refractivity contribution < 1.29 is 4.79 Å². The number of likely N-dealkylation sites (N-methyl/N-ethyl adjacent to an activating group) is 1. The van der Waals surface area contributed by atoms with Gasteiger partial charge in [0, 0.05) is 35.2 Å². The second kappa shape index (κ2) is 7.84. The van der Waals surface area contributed by atoms with Gasteiger partial charge in [-0.3, -0.25) is 9.69 Å². The van der Waals surface area contributed by atoms with E-state index in [1.165, 1.54) is 25.7 Å². The van der Waals surface area contributed by atoms with Gasteiger partial charge in [-0.2, -0.15) is 5.26 Å². The summed E-state index contributed by atoms with van der Waals surface area (Å²) in [5, 5.41) is 9.86. The number of ketones is 1. The first-order valence-electron chi connectivity index (χ1n) is 9.28. The molecule has 0 spiro atoms. The average Bonchev–Trinajstić information content (AvgIpc) is 2.99. The molecule has 1 aliphatic carbocycles. The molecule has 0 unspecified atom stereocenters. The highest BCUT2D eigenvalue weighted by molar-refractivity contribution is 6.09. The summed E-state index contributed by atoms with van der Waals surface area (Å²) < 4.78 is 2.04. The van der Waals surface area contributed by atoms with E-state index in [-0.39, 0.29) is 5.78 Å². The molecule has 0 atom stereocenters. The number of nitrogens with zero attached hydrogens (tertiary/aromatic N) is 3. The molecule has 1 saturated carbocycles. The Hall–Kier alpha value is -2.12. The summed E-state index contributed by atoms with van der Waals surface area (Å²) in [6, 6.07) is 10.7. The molecule has 0 aliphatic heterocycles. The first-order chi connectivity index (χ1) is 12.1. The lowest BCUT2D eigenvalue weighted by atomic mass is 9.86. The molecule has 1 aliphatic rings. The lowest BCUT2D eigenvalue weighted by Crippen LogP contribution is -2.38. The maximum absolute atomic E-state index is 12.9. The highest BCUT2D eigenvalue weighted by Gasteiger charge is 2.24. The molecular formula is C21H27N3O. The van der Waals surface area contributed by atoms with Crippen LogP contribution in [0.2, 0.25) is 0 Å². The first kappa shape index (κ1) is 17.7. The quantitative estimate of drug-likeness (QED) is 0.741. The number of hydrogen-bond acceptors (Lipinski definition) is 3. The van der Waals surface area contributed by atoms with Crippen LogP contribution >= 0.6 is 0 Å². The number of hydrogen-bond donors (Lipinski definition) is 0. The number of Topliss-reactive ketones (excluding diaryl/α,β-unsaturated/α-hetero) is 1. The van der Waals surface area contributed by atoms with E-state index in [4.69, 9.17) is 5.26 Å². The summed E-state index contributed by atoms with van der Waals surface area (Å²) in [7, 11) is 2.08. The molecule has 0 amide bonds. The zero-order valence-corrected chi connectivity index (χ0v) is 15.2. The van der Waals surface area contributed by atoms with Crippen LogP contribution in [0.3, 0.4) is 0 Å². The third-order valence-electron chi connectivity index (χ3n) is 5.56. The van der Waals surface area contributed by atoms with Gasteiger partial charge in [-0.15, -0.1) is 0 Å². The van der Waals surface area contributed by atoms with Gasteiger partial charge in [0.05, 0.1) is 19.0 Å². The van der Waals surface area contributed by atoms with Gasteiger partial charge in [-0.1, -0.05) is 25.1 Å². The number of aryl methyl sites for hydroxylation is 1. The second-order valence-electron chi connectivity index (χ2n) is 7.41. The predicted octanol–water partition coefficient (Wildman–Crippen LogP) is 4.25. The van der Waals surface area contributed by atoms with Crippen LogP contribution in [0.25, 0.3) is 10.9 Å². The summed E-state index contributed by atoms with van der Waals surface area (Å²) in [5.41, 5.74) is 1.82. The van der Waals surface area contributed by atoms with Crippen LogP contribution in [0.4, 0.5) is 0 Å². The molecule has 4 nitrogen and oxygen atoms in total. The van der Waals surface area contributed by atoms with Gasteiger partial charge in [0.2, 0.25) is 0 Å². The molecule has 132 valence electrons. The molecule has 0 radical (unpaired) electrons. The van der Waals surface area contributed by atoms with Gasteiger partial charge >= 0.3 is 0 Å². The number of aromatic nitrogens is 1. The van der Waals surface area contributed by atoms with Crippen molar-refractivity contribution >= 4 is 16.7 Å². The third kappa shape index (κ3) is 3.93. The fourth-order valence-electron chi connectivity index (χ4n) is 3.95. The Morgan fingerprint density at radius 3 is 2.72 bits per heavy atom. The van der Waals surface area contributed by atoms with E-state index in [2.05, 4.69) is 24.9 Å². The van der Waals surface area contributed by atoms with E-state index in [9.17, 15) is 4.79 Å². The lowest BCUT2D eigenvalue weighted by molar-refractivity contribution is 0.0890. The van der Waals surface area contributed by atoms with Gasteiger partial charge < -0.3 is 4.57 Å². The Morgan fingerprint density at radius 2 is 2.00 bits per heavy atom. The number of benzene rings is 1. The minimum Gasteiger partial charge on any atom is -0.346 e. The van der Waals surface area contributed by atoms with Crippen molar-refractivity contribution in [2.75, 3.05) is 13.6 Å². The summed E-state index contributed by atoms with van der Waals surface area (Å²) in [6.07, 6.45) is 7.28. The molecule has 1 aromatic heterocycles. The SMILES string of the molecule is CC1CCC(N(C)CC(=O)c2cn(CCC#N)c3ccccc23)CC1. The van der Waals surface area contributed by atoms with Crippen molar-refractivity contribution in [1.82, 2.24) is 9.47 Å². The number of para-hydroxylation sites is 1. The number of nitriles is 1. The van der Waals surface area contributed by atoms with Crippen LogP contribution in [-0.4, -0.2) is 34.9 Å². The molecule has 4 heteroatoms. The van der Waals surface area contributed by atoms with Crippen LogP contribution in [0.15, 0.2) is 30.5 Å². The summed E-state index contributed by atoms with van der Waals surface area (Å²) in [5.74, 6) is 0.992. The molecule has 3 rings (SSSR count). The maximum atomic E-state index is 12.9. The van der Waals surface area contributed by atoms with Crippen molar-refractivity contribution in [1.29, 1.82) is 5.26 Å². The molecule has 0 bridgehead atoms. The maximum Gasteiger partial charge on any atom is 0.178 e. The van der Waals surface area contributed by atoms with Crippen molar-refractivity contribution in [2.24, 2.45) is 5.92 Å². The molecule has 1 fully saturated rings. The minimum atomic E-state index is 0.174. The Balaban J connectivity index is 1.76. The first-order valence-corrected chi connectivity index (χ1v) is 9.28. The van der Waals surface area contributed by atoms with Gasteiger partial charge in [0.1, 0.15) is 0 Å². The predicted molar refractivity (Wildman–Crippen MR) is 101 cm³/mol. The molecular weight excluding hydrogens is 310 g/mol. The largest absolute Gasteiger partial charge is 0.346 e. The smallest absolute Gasteiger partial charge is 0.178 e. The Kier molecular flexibility index (Phi) is 5.55. The summed E-state index contributed by atoms with van der Waals surface area (Å²) >= 11 is 0. The number of rotatable bonds is 6. The monoisotopic (exact) mass is 337 g/mol. The number of carbonyl (C=O) groups excluding carboxylic acids is 1. The van der Waals surface area contributed by atoms with E-state index in [1.54, 1.807) is 0 Å². The minimum absolute atomic E-state index is 0.174. The van der Waals surface area contributed by atoms with E-state index < -0.39 is 0 Å². The fraction of sp³-hybridized carbons (Fsp3) is 0.524. The van der Waals surface area contributed by atoms with Crippen LogP contribution in [0.1, 0.15) is 49.4 Å². The molecule has 1 heterocycles. The molecule has 1 aromatic carbocycles. The van der Waals surface area contributed by atoms with E-state index in [0.717, 1.165) is 22.4 Å². The van der Waals surface area contributed by atoms with Gasteiger partial charge in [0.15, 0.2) is 5.78 Å². The van der Waals surface area contributed by atoms with Crippen molar-refractivity contribution in [3.05, 3.63) is 36.0 Å². The Morgan fingerprint density at radius 1 is 1.28 bits per heavy atom. The highest BCUT2D eigenvalue weighted by atomic mass is 16.1. The Bertz CT molecular complexity index is 778. The Labute approximate surface area is 150 Å². The van der Waals surface area contributed by atoms with Gasteiger partial charge in [-0.25, -0.2) is 0 Å². The number of carbonyl (C=O) groups is 1. The van der Waals surface area contributed by atoms with Crippen LogP contribution in [0.5, 0.6) is 0 Å². The van der Waals surface area contributed by atoms with E-state index in [1.807, 2.05) is 35.0 Å². The zero-order valence-electron chi connectivity index (χ0n) is 15.2. The molecule has 25 heavy (non-hydrogen) atoms. The second-order valence-corrected chi connectivity index (χ2v) is 7.41. The average molecular weight is 337 g/mol. The van der Waals surface area contributed by atoms with Crippen molar-refractivity contribution in [2.45, 2.75) is 51.6 Å². The zero-order chi connectivity index (χ0) is 17.8. The molecule has 2 aromatic rings. The third-order valence-corrected chi connectivity index (χ3v) is 5.56. The summed E-state index contributed by atoms with van der Waals surface area (Å²) in [6.45, 7) is 3.41.